The maximum atomic E-state index is 13.2. The molecule has 29 heavy (non-hydrogen) atoms. The summed E-state index contributed by atoms with van der Waals surface area (Å²) in [5.41, 5.74) is 3.31. The van der Waals surface area contributed by atoms with Crippen LogP contribution in [0.5, 0.6) is 0 Å². The van der Waals surface area contributed by atoms with E-state index in [9.17, 15) is 9.59 Å². The quantitative estimate of drug-likeness (QED) is 0.733. The van der Waals surface area contributed by atoms with Crippen LogP contribution in [-0.4, -0.2) is 43.5 Å². The summed E-state index contributed by atoms with van der Waals surface area (Å²) in [6, 6.07) is 18.1. The number of piperidine rings is 1. The number of methoxy groups -OCH3 is 1. The van der Waals surface area contributed by atoms with Crippen molar-refractivity contribution < 1.29 is 14.3 Å². The van der Waals surface area contributed by atoms with Gasteiger partial charge >= 0.3 is 0 Å². The monoisotopic (exact) mass is 394 g/mol. The van der Waals surface area contributed by atoms with Gasteiger partial charge in [-0.3, -0.25) is 9.59 Å². The summed E-state index contributed by atoms with van der Waals surface area (Å²) in [5.74, 6) is -0.119. The minimum absolute atomic E-state index is 0.00209. The Morgan fingerprint density at radius 3 is 2.62 bits per heavy atom. The van der Waals surface area contributed by atoms with Gasteiger partial charge in [0, 0.05) is 20.2 Å². The average Bonchev–Trinajstić information content (AvgIpc) is 2.74. The van der Waals surface area contributed by atoms with E-state index in [-0.39, 0.29) is 23.8 Å². The van der Waals surface area contributed by atoms with E-state index in [1.54, 1.807) is 7.11 Å². The lowest BCUT2D eigenvalue weighted by Crippen LogP contribution is -2.47. The van der Waals surface area contributed by atoms with Gasteiger partial charge in [-0.05, 0) is 30.9 Å². The van der Waals surface area contributed by atoms with Crippen molar-refractivity contribution in [2.24, 2.45) is 5.92 Å². The molecule has 2 aromatic carbocycles. The summed E-state index contributed by atoms with van der Waals surface area (Å²) < 4.78 is 5.01. The molecule has 1 saturated heterocycles. The van der Waals surface area contributed by atoms with Crippen LogP contribution in [0.1, 0.15) is 35.6 Å². The number of nitrogens with zero attached hydrogens (tertiary/aromatic N) is 1. The fourth-order valence-electron chi connectivity index (χ4n) is 3.98. The van der Waals surface area contributed by atoms with Crippen LogP contribution in [-0.2, 0) is 20.7 Å². The van der Waals surface area contributed by atoms with Crippen molar-refractivity contribution in [3.63, 3.8) is 0 Å². The zero-order valence-corrected chi connectivity index (χ0v) is 17.3. The Morgan fingerprint density at radius 1 is 1.10 bits per heavy atom. The highest BCUT2D eigenvalue weighted by atomic mass is 16.5. The molecule has 0 aliphatic carbocycles. The molecule has 5 nitrogen and oxygen atoms in total. The topological polar surface area (TPSA) is 58.6 Å². The van der Waals surface area contributed by atoms with Gasteiger partial charge in [-0.15, -0.1) is 0 Å². The Balaban J connectivity index is 1.77. The largest absolute Gasteiger partial charge is 0.383 e. The first-order valence-electron chi connectivity index (χ1n) is 10.2. The van der Waals surface area contributed by atoms with Crippen molar-refractivity contribution in [1.82, 2.24) is 10.2 Å². The maximum absolute atomic E-state index is 13.2. The Labute approximate surface area is 173 Å². The molecule has 1 fully saturated rings. The van der Waals surface area contributed by atoms with Crippen molar-refractivity contribution in [3.8, 4) is 0 Å². The minimum Gasteiger partial charge on any atom is -0.383 e. The molecular weight excluding hydrogens is 364 g/mol. The summed E-state index contributed by atoms with van der Waals surface area (Å²) in [5, 5.41) is 2.92. The van der Waals surface area contributed by atoms with E-state index in [4.69, 9.17) is 4.74 Å². The predicted molar refractivity (Wildman–Crippen MR) is 113 cm³/mol. The summed E-state index contributed by atoms with van der Waals surface area (Å²) >= 11 is 0. The van der Waals surface area contributed by atoms with Gasteiger partial charge in [0.25, 0.3) is 0 Å². The second-order valence-corrected chi connectivity index (χ2v) is 7.70. The lowest BCUT2D eigenvalue weighted by atomic mass is 9.87. The fraction of sp³-hybridized carbons (Fsp3) is 0.417. The Hall–Kier alpha value is -2.66. The number of amides is 2. The summed E-state index contributed by atoms with van der Waals surface area (Å²) in [6.45, 7) is 3.49. The van der Waals surface area contributed by atoms with E-state index in [1.165, 1.54) is 5.56 Å². The first kappa shape index (κ1) is 21.1. The van der Waals surface area contributed by atoms with Crippen molar-refractivity contribution in [2.75, 3.05) is 26.8 Å². The van der Waals surface area contributed by atoms with E-state index in [2.05, 4.69) is 30.4 Å². The molecule has 1 aliphatic heterocycles. The van der Waals surface area contributed by atoms with Gasteiger partial charge in [-0.25, -0.2) is 0 Å². The molecule has 0 saturated carbocycles. The number of hydrogen-bond acceptors (Lipinski definition) is 3. The Morgan fingerprint density at radius 2 is 1.90 bits per heavy atom. The first-order chi connectivity index (χ1) is 14.1. The number of likely N-dealkylation sites (tertiary alicyclic amines) is 1. The van der Waals surface area contributed by atoms with E-state index in [0.29, 0.717) is 26.1 Å². The molecule has 0 radical (unpaired) electrons. The molecule has 0 aromatic heterocycles. The van der Waals surface area contributed by atoms with Crippen LogP contribution in [0.4, 0.5) is 0 Å². The molecule has 1 aliphatic rings. The summed E-state index contributed by atoms with van der Waals surface area (Å²) in [7, 11) is 1.61. The highest BCUT2D eigenvalue weighted by Crippen LogP contribution is 2.34. The number of carbonyl (C=O) groups is 2. The molecule has 1 heterocycles. The van der Waals surface area contributed by atoms with Crippen LogP contribution in [0.2, 0.25) is 0 Å². The molecular formula is C24H30N2O3. The van der Waals surface area contributed by atoms with Crippen LogP contribution in [0.15, 0.2) is 54.6 Å². The summed E-state index contributed by atoms with van der Waals surface area (Å²) in [6.07, 6.45) is 1.90. The molecule has 2 amide bonds. The summed E-state index contributed by atoms with van der Waals surface area (Å²) in [4.78, 5) is 27.7. The second-order valence-electron chi connectivity index (χ2n) is 7.70. The van der Waals surface area contributed by atoms with Gasteiger partial charge in [0.2, 0.25) is 11.8 Å². The van der Waals surface area contributed by atoms with Gasteiger partial charge in [0.15, 0.2) is 0 Å². The number of carbonyl (C=O) groups excluding carboxylic acids is 2. The molecule has 2 atom stereocenters. The Kier molecular flexibility index (Phi) is 7.42. The molecule has 0 spiro atoms. The van der Waals surface area contributed by atoms with Gasteiger partial charge in [-0.2, -0.15) is 0 Å². The van der Waals surface area contributed by atoms with Crippen LogP contribution >= 0.6 is 0 Å². The van der Waals surface area contributed by atoms with Crippen molar-refractivity contribution in [1.29, 1.82) is 0 Å². The molecule has 2 aromatic rings. The van der Waals surface area contributed by atoms with E-state index in [1.807, 2.05) is 41.3 Å². The van der Waals surface area contributed by atoms with Crippen LogP contribution < -0.4 is 5.32 Å². The number of benzene rings is 2. The van der Waals surface area contributed by atoms with Crippen molar-refractivity contribution >= 4 is 11.8 Å². The SMILES string of the molecule is COCCNC(=O)[C@@H]1CC[C@@H](c2cccc(C)c2)N(C(=O)Cc2ccccc2)C1. The number of rotatable bonds is 7. The van der Waals surface area contributed by atoms with E-state index >= 15 is 0 Å². The first-order valence-corrected chi connectivity index (χ1v) is 10.2. The third-order valence-electron chi connectivity index (χ3n) is 5.50. The highest BCUT2D eigenvalue weighted by Gasteiger charge is 2.35. The van der Waals surface area contributed by atoms with Crippen molar-refractivity contribution in [3.05, 3.63) is 71.3 Å². The number of nitrogens with one attached hydrogen (secondary N) is 1. The maximum Gasteiger partial charge on any atom is 0.227 e. The normalized spacial score (nSPS) is 19.0. The Bertz CT molecular complexity index is 822. The smallest absolute Gasteiger partial charge is 0.227 e. The number of ether oxygens (including phenoxy) is 1. The number of aryl methyl sites for hydroxylation is 1. The zero-order valence-electron chi connectivity index (χ0n) is 17.3. The number of hydrogen-bond donors (Lipinski definition) is 1. The van der Waals surface area contributed by atoms with Gasteiger partial charge in [0.1, 0.15) is 0 Å². The van der Waals surface area contributed by atoms with Gasteiger partial charge in [0.05, 0.1) is 25.0 Å². The minimum atomic E-state index is -0.187. The standard InChI is InChI=1S/C24H30N2O3/c1-18-7-6-10-20(15-18)22-12-11-21(24(28)25-13-14-29-2)17-26(22)23(27)16-19-8-4-3-5-9-19/h3-10,15,21-22H,11-14,16-17H2,1-2H3,(H,25,28)/t21-,22+/m1/s1. The molecule has 0 bridgehead atoms. The molecule has 0 unspecified atom stereocenters. The van der Waals surface area contributed by atoms with E-state index < -0.39 is 0 Å². The van der Waals surface area contributed by atoms with Crippen LogP contribution in [0.25, 0.3) is 0 Å². The van der Waals surface area contributed by atoms with Crippen molar-refractivity contribution in [2.45, 2.75) is 32.2 Å². The molecule has 154 valence electrons. The average molecular weight is 395 g/mol. The lowest BCUT2D eigenvalue weighted by molar-refractivity contribution is -0.138. The van der Waals surface area contributed by atoms with E-state index in [0.717, 1.165) is 24.0 Å². The van der Waals surface area contributed by atoms with Gasteiger partial charge < -0.3 is 15.0 Å². The molecule has 1 N–H and O–H groups in total. The third kappa shape index (κ3) is 5.67. The molecule has 5 heteroatoms. The lowest BCUT2D eigenvalue weighted by Gasteiger charge is -2.39. The predicted octanol–water partition coefficient (Wildman–Crippen LogP) is 3.28. The van der Waals surface area contributed by atoms with Gasteiger partial charge in [-0.1, -0.05) is 60.2 Å². The third-order valence-corrected chi connectivity index (χ3v) is 5.50. The molecule has 3 rings (SSSR count). The zero-order chi connectivity index (χ0) is 20.6. The second kappa shape index (κ2) is 10.2. The van der Waals surface area contributed by atoms with Crippen LogP contribution in [0.3, 0.4) is 0 Å². The van der Waals surface area contributed by atoms with Crippen LogP contribution in [0, 0.1) is 12.8 Å². The highest BCUT2D eigenvalue weighted by molar-refractivity contribution is 5.82. The fourth-order valence-corrected chi connectivity index (χ4v) is 3.98.